The molecular formula is C21H23BrN2O5. The van der Waals surface area contributed by atoms with E-state index in [1.165, 1.54) is 24.3 Å². The van der Waals surface area contributed by atoms with Crippen LogP contribution in [-0.2, 0) is 16.0 Å². The van der Waals surface area contributed by atoms with Crippen LogP contribution in [0.3, 0.4) is 0 Å². The van der Waals surface area contributed by atoms with Crippen LogP contribution in [-0.4, -0.2) is 34.7 Å². The average Bonchev–Trinajstić information content (AvgIpc) is 2.60. The van der Waals surface area contributed by atoms with Gasteiger partial charge in [-0.2, -0.15) is 0 Å². The molecule has 8 heteroatoms. The van der Waals surface area contributed by atoms with Crippen molar-refractivity contribution in [3.63, 3.8) is 0 Å². The molecule has 0 aliphatic rings. The Balaban J connectivity index is 2.16. The van der Waals surface area contributed by atoms with Gasteiger partial charge in [0.2, 0.25) is 5.91 Å². The molecule has 3 N–H and O–H groups in total. The zero-order chi connectivity index (χ0) is 21.6. The summed E-state index contributed by atoms with van der Waals surface area (Å²) in [4.78, 5) is 36.0. The zero-order valence-electron chi connectivity index (χ0n) is 16.4. The number of aromatic carboxylic acids is 1. The van der Waals surface area contributed by atoms with Crippen molar-refractivity contribution in [3.8, 4) is 0 Å². The van der Waals surface area contributed by atoms with Gasteiger partial charge in [0.15, 0.2) is 0 Å². The highest BCUT2D eigenvalue weighted by Gasteiger charge is 2.25. The third-order valence-electron chi connectivity index (χ3n) is 3.74. The summed E-state index contributed by atoms with van der Waals surface area (Å²) in [6.07, 6.45) is -0.452. The second-order valence-corrected chi connectivity index (χ2v) is 8.32. The van der Waals surface area contributed by atoms with Gasteiger partial charge in [0.1, 0.15) is 11.6 Å². The number of rotatable bonds is 6. The summed E-state index contributed by atoms with van der Waals surface area (Å²) in [6.45, 7) is 5.21. The molecule has 7 nitrogen and oxygen atoms in total. The van der Waals surface area contributed by atoms with E-state index in [4.69, 9.17) is 9.84 Å². The van der Waals surface area contributed by atoms with E-state index < -0.39 is 29.6 Å². The Kier molecular flexibility index (Phi) is 7.39. The molecule has 0 spiro atoms. The van der Waals surface area contributed by atoms with Gasteiger partial charge in [-0.25, -0.2) is 9.59 Å². The Labute approximate surface area is 177 Å². The van der Waals surface area contributed by atoms with Crippen LogP contribution in [0.25, 0.3) is 0 Å². The van der Waals surface area contributed by atoms with Gasteiger partial charge in [-0.05, 0) is 62.7 Å². The molecule has 2 rings (SSSR count). The van der Waals surface area contributed by atoms with E-state index in [2.05, 4.69) is 26.6 Å². The molecule has 0 aliphatic heterocycles. The maximum absolute atomic E-state index is 12.8. The first-order valence-corrected chi connectivity index (χ1v) is 9.71. The lowest BCUT2D eigenvalue weighted by molar-refractivity contribution is -0.118. The topological polar surface area (TPSA) is 105 Å². The molecule has 0 fully saturated rings. The summed E-state index contributed by atoms with van der Waals surface area (Å²) in [7, 11) is 0. The predicted molar refractivity (Wildman–Crippen MR) is 113 cm³/mol. The van der Waals surface area contributed by atoms with Gasteiger partial charge >= 0.3 is 12.1 Å². The minimum atomic E-state index is -1.05. The van der Waals surface area contributed by atoms with Crippen molar-refractivity contribution in [1.82, 2.24) is 5.32 Å². The molecule has 0 aromatic heterocycles. The van der Waals surface area contributed by atoms with Crippen LogP contribution in [0.2, 0.25) is 0 Å². The number of ether oxygens (including phenoxy) is 1. The van der Waals surface area contributed by atoms with Crippen molar-refractivity contribution in [2.24, 2.45) is 0 Å². The van der Waals surface area contributed by atoms with Crippen LogP contribution in [0.1, 0.15) is 36.7 Å². The Morgan fingerprint density at radius 1 is 1.10 bits per heavy atom. The molecule has 1 unspecified atom stereocenters. The van der Waals surface area contributed by atoms with Gasteiger partial charge < -0.3 is 20.5 Å². The molecule has 0 radical (unpaired) electrons. The first-order valence-electron chi connectivity index (χ1n) is 8.92. The van der Waals surface area contributed by atoms with E-state index in [1.807, 2.05) is 24.3 Å². The number of carboxylic acid groups (broad SMARTS) is 1. The minimum absolute atomic E-state index is 0.112. The van der Waals surface area contributed by atoms with Gasteiger partial charge in [0, 0.05) is 16.6 Å². The highest BCUT2D eigenvalue weighted by molar-refractivity contribution is 9.10. The van der Waals surface area contributed by atoms with E-state index in [0.29, 0.717) is 5.69 Å². The predicted octanol–water partition coefficient (Wildman–Crippen LogP) is 4.22. The van der Waals surface area contributed by atoms with Crippen LogP contribution in [0.5, 0.6) is 0 Å². The van der Waals surface area contributed by atoms with Gasteiger partial charge in [-0.3, -0.25) is 4.79 Å². The smallest absolute Gasteiger partial charge is 0.408 e. The summed E-state index contributed by atoms with van der Waals surface area (Å²) in [5.74, 6) is -1.50. The van der Waals surface area contributed by atoms with E-state index in [0.717, 1.165) is 10.0 Å². The molecule has 2 aromatic rings. The summed E-state index contributed by atoms with van der Waals surface area (Å²) >= 11 is 3.39. The normalized spacial score (nSPS) is 12.0. The molecule has 2 amide bonds. The fourth-order valence-corrected chi connectivity index (χ4v) is 2.93. The number of halogens is 1. The zero-order valence-corrected chi connectivity index (χ0v) is 17.9. The van der Waals surface area contributed by atoms with Crippen molar-refractivity contribution in [3.05, 3.63) is 64.1 Å². The summed E-state index contributed by atoms with van der Waals surface area (Å²) < 4.78 is 6.12. The molecule has 1 atom stereocenters. The number of hydrogen-bond acceptors (Lipinski definition) is 4. The monoisotopic (exact) mass is 462 g/mol. The summed E-state index contributed by atoms with van der Waals surface area (Å²) in [5, 5.41) is 14.3. The van der Waals surface area contributed by atoms with Crippen LogP contribution >= 0.6 is 15.9 Å². The van der Waals surface area contributed by atoms with Gasteiger partial charge in [-0.1, -0.05) is 28.1 Å². The third-order valence-corrected chi connectivity index (χ3v) is 4.23. The van der Waals surface area contributed by atoms with E-state index in [-0.39, 0.29) is 12.0 Å². The number of carboxylic acids is 1. The Morgan fingerprint density at radius 3 is 2.31 bits per heavy atom. The second-order valence-electron chi connectivity index (χ2n) is 7.40. The maximum atomic E-state index is 12.8. The maximum Gasteiger partial charge on any atom is 0.408 e. The molecule has 0 saturated heterocycles. The van der Waals surface area contributed by atoms with Crippen molar-refractivity contribution in [2.45, 2.75) is 38.8 Å². The van der Waals surface area contributed by atoms with Crippen molar-refractivity contribution in [1.29, 1.82) is 0 Å². The van der Waals surface area contributed by atoms with Crippen LogP contribution in [0.4, 0.5) is 10.5 Å². The number of nitrogens with one attached hydrogen (secondary N) is 2. The molecule has 0 saturated carbocycles. The van der Waals surface area contributed by atoms with Crippen LogP contribution < -0.4 is 10.6 Å². The first-order chi connectivity index (χ1) is 13.5. The molecular weight excluding hydrogens is 440 g/mol. The SMILES string of the molecule is CC(C)(C)OC(=O)NC(Cc1cccc(Br)c1)C(=O)Nc1ccc(C(=O)O)cc1. The molecule has 0 aliphatic carbocycles. The number of hydrogen-bond donors (Lipinski definition) is 3. The Hall–Kier alpha value is -2.87. The Morgan fingerprint density at radius 2 is 1.76 bits per heavy atom. The standard InChI is InChI=1S/C21H23BrN2O5/c1-21(2,3)29-20(28)24-17(12-13-5-4-6-15(22)11-13)18(25)23-16-9-7-14(8-10-16)19(26)27/h4-11,17H,12H2,1-3H3,(H,23,25)(H,24,28)(H,26,27). The van der Waals surface area contributed by atoms with Crippen LogP contribution in [0, 0.1) is 0 Å². The van der Waals surface area contributed by atoms with Crippen molar-refractivity contribution in [2.75, 3.05) is 5.32 Å². The highest BCUT2D eigenvalue weighted by Crippen LogP contribution is 2.16. The fourth-order valence-electron chi connectivity index (χ4n) is 2.48. The van der Waals surface area contributed by atoms with E-state index >= 15 is 0 Å². The van der Waals surface area contributed by atoms with Gasteiger partial charge in [0.05, 0.1) is 5.56 Å². The van der Waals surface area contributed by atoms with Crippen molar-refractivity contribution >= 4 is 39.6 Å². The largest absolute Gasteiger partial charge is 0.478 e. The molecule has 29 heavy (non-hydrogen) atoms. The van der Waals surface area contributed by atoms with E-state index in [9.17, 15) is 14.4 Å². The lowest BCUT2D eigenvalue weighted by Gasteiger charge is -2.23. The van der Waals surface area contributed by atoms with Gasteiger partial charge in [0.25, 0.3) is 0 Å². The molecule has 0 bridgehead atoms. The average molecular weight is 463 g/mol. The lowest BCUT2D eigenvalue weighted by Crippen LogP contribution is -2.47. The molecule has 0 heterocycles. The minimum Gasteiger partial charge on any atom is -0.478 e. The fraction of sp³-hybridized carbons (Fsp3) is 0.286. The number of benzene rings is 2. The van der Waals surface area contributed by atoms with Crippen LogP contribution in [0.15, 0.2) is 53.0 Å². The number of amides is 2. The molecule has 154 valence electrons. The quantitative estimate of drug-likeness (QED) is 0.595. The summed E-state index contributed by atoms with van der Waals surface area (Å²) in [5.41, 5.74) is 0.677. The first kappa shape index (κ1) is 22.4. The van der Waals surface area contributed by atoms with E-state index in [1.54, 1.807) is 20.8 Å². The number of carbonyl (C=O) groups is 3. The molecule has 2 aromatic carbocycles. The number of anilines is 1. The van der Waals surface area contributed by atoms with Gasteiger partial charge in [-0.15, -0.1) is 0 Å². The third kappa shape index (κ3) is 7.57. The number of carbonyl (C=O) groups excluding carboxylic acids is 2. The Bertz CT molecular complexity index is 891. The number of alkyl carbamates (subject to hydrolysis) is 1. The highest BCUT2D eigenvalue weighted by atomic mass is 79.9. The lowest BCUT2D eigenvalue weighted by atomic mass is 10.1. The summed E-state index contributed by atoms with van der Waals surface area (Å²) in [6, 6.07) is 12.3. The van der Waals surface area contributed by atoms with Crippen molar-refractivity contribution < 1.29 is 24.2 Å². The second kappa shape index (κ2) is 9.56.